The molecule has 0 aromatic carbocycles. The molecule has 2 aliphatic heterocycles. The molecule has 2 heterocycles. The molecule has 0 aromatic rings. The highest BCUT2D eigenvalue weighted by molar-refractivity contribution is 5.79. The summed E-state index contributed by atoms with van der Waals surface area (Å²) < 4.78 is 0. The fourth-order valence-corrected chi connectivity index (χ4v) is 2.37. The Hall–Kier alpha value is -0.570. The van der Waals surface area contributed by atoms with E-state index in [0.29, 0.717) is 24.5 Å². The molecule has 0 aliphatic carbocycles. The van der Waals surface area contributed by atoms with Gasteiger partial charge < -0.3 is 10.2 Å². The van der Waals surface area contributed by atoms with Gasteiger partial charge in [-0.15, -0.1) is 0 Å². The lowest BCUT2D eigenvalue weighted by molar-refractivity contribution is -0.139. The third-order valence-corrected chi connectivity index (χ3v) is 2.97. The van der Waals surface area contributed by atoms with Crippen LogP contribution in [0.1, 0.15) is 26.2 Å². The molecule has 0 saturated carbocycles. The van der Waals surface area contributed by atoms with Gasteiger partial charge in [-0.05, 0) is 26.2 Å². The van der Waals surface area contributed by atoms with Crippen molar-refractivity contribution in [3.05, 3.63) is 0 Å². The van der Waals surface area contributed by atoms with Gasteiger partial charge in [-0.3, -0.25) is 4.79 Å². The first kappa shape index (κ1) is 8.05. The van der Waals surface area contributed by atoms with Crippen molar-refractivity contribution in [3.63, 3.8) is 0 Å². The van der Waals surface area contributed by atoms with Gasteiger partial charge in [0.25, 0.3) is 0 Å². The van der Waals surface area contributed by atoms with Gasteiger partial charge in [0.2, 0.25) is 5.91 Å². The van der Waals surface area contributed by atoms with Crippen LogP contribution in [0.4, 0.5) is 0 Å². The number of carbonyl (C=O) groups is 1. The lowest BCUT2D eigenvalue weighted by atomic mass is 9.95. The largest absolute Gasteiger partial charge is 0.335 e. The molecule has 2 rings (SSSR count). The molecule has 0 unspecified atom stereocenters. The molecule has 0 aromatic heterocycles. The van der Waals surface area contributed by atoms with E-state index in [4.69, 9.17) is 0 Å². The summed E-state index contributed by atoms with van der Waals surface area (Å²) in [5, 5.41) is 3.16. The molecule has 0 radical (unpaired) electrons. The third-order valence-electron chi connectivity index (χ3n) is 2.97. The van der Waals surface area contributed by atoms with Gasteiger partial charge >= 0.3 is 0 Å². The minimum Gasteiger partial charge on any atom is -0.335 e. The number of piperidine rings is 1. The van der Waals surface area contributed by atoms with Crippen LogP contribution in [0.3, 0.4) is 0 Å². The van der Waals surface area contributed by atoms with Crippen molar-refractivity contribution in [2.24, 2.45) is 0 Å². The van der Waals surface area contributed by atoms with Crippen molar-refractivity contribution >= 4 is 5.91 Å². The van der Waals surface area contributed by atoms with Crippen LogP contribution >= 0.6 is 0 Å². The number of amides is 1. The Kier molecular flexibility index (Phi) is 2.05. The minimum atomic E-state index is 0.290. The zero-order valence-electron chi connectivity index (χ0n) is 7.55. The van der Waals surface area contributed by atoms with Gasteiger partial charge in [0.1, 0.15) is 0 Å². The Labute approximate surface area is 73.1 Å². The summed E-state index contributed by atoms with van der Waals surface area (Å²) in [7, 11) is 0. The van der Waals surface area contributed by atoms with Gasteiger partial charge in [0.15, 0.2) is 0 Å². The first-order valence-corrected chi connectivity index (χ1v) is 4.81. The highest BCUT2D eigenvalue weighted by Crippen LogP contribution is 2.23. The monoisotopic (exact) mass is 168 g/mol. The van der Waals surface area contributed by atoms with E-state index in [1.807, 2.05) is 0 Å². The molecule has 0 spiro atoms. The maximum absolute atomic E-state index is 11.5. The topological polar surface area (TPSA) is 32.3 Å². The van der Waals surface area contributed by atoms with E-state index in [-0.39, 0.29) is 0 Å². The Balaban J connectivity index is 2.12. The fraction of sp³-hybridized carbons (Fsp3) is 0.889. The maximum atomic E-state index is 11.5. The third kappa shape index (κ3) is 1.22. The average Bonchev–Trinajstić information content (AvgIpc) is 2.04. The van der Waals surface area contributed by atoms with Gasteiger partial charge in [-0.25, -0.2) is 0 Å². The van der Waals surface area contributed by atoms with Gasteiger partial charge in [0.05, 0.1) is 6.54 Å². The molecule has 1 amide bonds. The Morgan fingerprint density at radius 3 is 3.08 bits per heavy atom. The van der Waals surface area contributed by atoms with Gasteiger partial charge in [-0.2, -0.15) is 0 Å². The van der Waals surface area contributed by atoms with Crippen molar-refractivity contribution < 1.29 is 4.79 Å². The molecule has 1 N–H and O–H groups in total. The van der Waals surface area contributed by atoms with Crippen LogP contribution in [0.5, 0.6) is 0 Å². The van der Waals surface area contributed by atoms with Gasteiger partial charge in [0, 0.05) is 18.6 Å². The minimum absolute atomic E-state index is 0.290. The summed E-state index contributed by atoms with van der Waals surface area (Å²) in [6.07, 6.45) is 3.64. The maximum Gasteiger partial charge on any atom is 0.237 e. The lowest BCUT2D eigenvalue weighted by Crippen LogP contribution is -2.59. The Bertz CT molecular complexity index is 191. The molecule has 3 nitrogen and oxygen atoms in total. The lowest BCUT2D eigenvalue weighted by Gasteiger charge is -2.43. The second kappa shape index (κ2) is 3.05. The van der Waals surface area contributed by atoms with Crippen LogP contribution in [-0.4, -0.2) is 36.0 Å². The van der Waals surface area contributed by atoms with Crippen LogP contribution in [-0.2, 0) is 4.79 Å². The molecular formula is C9H16N2O. The van der Waals surface area contributed by atoms with E-state index in [9.17, 15) is 4.79 Å². The van der Waals surface area contributed by atoms with E-state index < -0.39 is 0 Å². The van der Waals surface area contributed by atoms with E-state index in [0.717, 1.165) is 6.54 Å². The van der Waals surface area contributed by atoms with Gasteiger partial charge in [-0.1, -0.05) is 0 Å². The molecule has 2 atom stereocenters. The smallest absolute Gasteiger partial charge is 0.237 e. The average molecular weight is 168 g/mol. The predicted molar refractivity (Wildman–Crippen MR) is 46.8 cm³/mol. The van der Waals surface area contributed by atoms with Crippen LogP contribution in [0.2, 0.25) is 0 Å². The SMILES string of the molecule is C[C@@H]1CCC[C@H]2CNCC(=O)N21. The Morgan fingerprint density at radius 2 is 2.33 bits per heavy atom. The molecule has 68 valence electrons. The van der Waals surface area contributed by atoms with Crippen molar-refractivity contribution in [2.75, 3.05) is 13.1 Å². The highest BCUT2D eigenvalue weighted by Gasteiger charge is 2.33. The van der Waals surface area contributed by atoms with Crippen molar-refractivity contribution in [1.82, 2.24) is 10.2 Å². The molecule has 12 heavy (non-hydrogen) atoms. The fourth-order valence-electron chi connectivity index (χ4n) is 2.37. The van der Waals surface area contributed by atoms with E-state index in [1.54, 1.807) is 0 Å². The summed E-state index contributed by atoms with van der Waals surface area (Å²) in [4.78, 5) is 13.6. The normalized spacial score (nSPS) is 36.4. The molecule has 2 aliphatic rings. The summed E-state index contributed by atoms with van der Waals surface area (Å²) in [5.41, 5.74) is 0. The zero-order chi connectivity index (χ0) is 8.55. The Morgan fingerprint density at radius 1 is 1.50 bits per heavy atom. The molecule has 2 fully saturated rings. The molecular weight excluding hydrogens is 152 g/mol. The number of nitrogens with one attached hydrogen (secondary N) is 1. The number of carbonyl (C=O) groups excluding carboxylic acids is 1. The number of hydrogen-bond donors (Lipinski definition) is 1. The summed E-state index contributed by atoms with van der Waals surface area (Å²) in [6, 6.07) is 0.952. The summed E-state index contributed by atoms with van der Waals surface area (Å²) in [6.45, 7) is 3.70. The first-order valence-electron chi connectivity index (χ1n) is 4.81. The quantitative estimate of drug-likeness (QED) is 0.566. The van der Waals surface area contributed by atoms with Crippen molar-refractivity contribution in [2.45, 2.75) is 38.3 Å². The summed E-state index contributed by atoms with van der Waals surface area (Å²) in [5.74, 6) is 0.290. The number of rotatable bonds is 0. The van der Waals surface area contributed by atoms with Crippen LogP contribution in [0, 0.1) is 0 Å². The predicted octanol–water partition coefficient (Wildman–Crippen LogP) is 0.359. The van der Waals surface area contributed by atoms with E-state index in [1.165, 1.54) is 19.3 Å². The highest BCUT2D eigenvalue weighted by atomic mass is 16.2. The number of fused-ring (bicyclic) bond motifs is 1. The molecule has 3 heteroatoms. The van der Waals surface area contributed by atoms with E-state index in [2.05, 4.69) is 17.1 Å². The number of piperazine rings is 1. The first-order chi connectivity index (χ1) is 5.79. The van der Waals surface area contributed by atoms with Crippen molar-refractivity contribution in [1.29, 1.82) is 0 Å². The molecule has 0 bridgehead atoms. The van der Waals surface area contributed by atoms with E-state index >= 15 is 0 Å². The second-order valence-corrected chi connectivity index (χ2v) is 3.87. The van der Waals surface area contributed by atoms with Crippen LogP contribution in [0.15, 0.2) is 0 Å². The van der Waals surface area contributed by atoms with Crippen molar-refractivity contribution in [3.8, 4) is 0 Å². The molecule has 2 saturated heterocycles. The summed E-state index contributed by atoms with van der Waals surface area (Å²) >= 11 is 0. The number of hydrogen-bond acceptors (Lipinski definition) is 2. The zero-order valence-corrected chi connectivity index (χ0v) is 7.55. The van der Waals surface area contributed by atoms with Crippen LogP contribution < -0.4 is 5.32 Å². The van der Waals surface area contributed by atoms with Crippen LogP contribution in [0.25, 0.3) is 0 Å². The number of nitrogens with zero attached hydrogens (tertiary/aromatic N) is 1. The second-order valence-electron chi connectivity index (χ2n) is 3.87. The standard InChI is InChI=1S/C9H16N2O/c1-7-3-2-4-8-5-10-6-9(12)11(7)8/h7-8,10H,2-6H2,1H3/t7-,8+/m1/s1.